The first-order valence-corrected chi connectivity index (χ1v) is 8.73. The molecule has 0 aromatic heterocycles. The van der Waals surface area contributed by atoms with Gasteiger partial charge in [-0.2, -0.15) is 0 Å². The van der Waals surface area contributed by atoms with E-state index in [2.05, 4.69) is 29.1 Å². The van der Waals surface area contributed by atoms with Crippen LogP contribution in [0.3, 0.4) is 0 Å². The summed E-state index contributed by atoms with van der Waals surface area (Å²) in [5.41, 5.74) is 1.14. The average Bonchev–Trinajstić information content (AvgIpc) is 2.57. The number of methoxy groups -OCH3 is 2. The van der Waals surface area contributed by atoms with Gasteiger partial charge >= 0.3 is 0 Å². The van der Waals surface area contributed by atoms with Gasteiger partial charge in [-0.1, -0.05) is 13.8 Å². The maximum absolute atomic E-state index is 5.45. The number of benzene rings is 1. The Hall–Kier alpha value is -1.91. The Balaban J connectivity index is 1.95. The van der Waals surface area contributed by atoms with E-state index in [1.54, 1.807) is 14.2 Å². The summed E-state index contributed by atoms with van der Waals surface area (Å²) in [4.78, 5) is 6.84. The molecule has 1 aromatic rings. The third kappa shape index (κ3) is 4.79. The number of nitrogens with one attached hydrogen (secondary N) is 1. The predicted molar refractivity (Wildman–Crippen MR) is 99.1 cm³/mol. The van der Waals surface area contributed by atoms with Crippen LogP contribution in [0.25, 0.3) is 0 Å². The minimum atomic E-state index is 0.714. The Bertz CT molecular complexity index is 550. The Morgan fingerprint density at radius 1 is 1.21 bits per heavy atom. The van der Waals surface area contributed by atoms with E-state index < -0.39 is 0 Å². The number of rotatable bonds is 5. The van der Waals surface area contributed by atoms with Gasteiger partial charge in [0, 0.05) is 26.7 Å². The van der Waals surface area contributed by atoms with Crippen LogP contribution in [-0.2, 0) is 6.42 Å². The number of guanidine groups is 1. The summed E-state index contributed by atoms with van der Waals surface area (Å²) in [5, 5.41) is 3.50. The molecule has 0 bridgehead atoms. The Labute approximate surface area is 146 Å². The highest BCUT2D eigenvalue weighted by molar-refractivity contribution is 5.80. The molecule has 1 heterocycles. The van der Waals surface area contributed by atoms with Crippen LogP contribution in [0.4, 0.5) is 0 Å². The van der Waals surface area contributed by atoms with E-state index >= 15 is 0 Å². The predicted octanol–water partition coefficient (Wildman–Crippen LogP) is 2.80. The second-order valence-electron chi connectivity index (χ2n) is 6.75. The van der Waals surface area contributed by atoms with Gasteiger partial charge < -0.3 is 19.7 Å². The number of ether oxygens (including phenoxy) is 2. The van der Waals surface area contributed by atoms with Crippen molar-refractivity contribution in [2.24, 2.45) is 16.8 Å². The second kappa shape index (κ2) is 8.81. The summed E-state index contributed by atoms with van der Waals surface area (Å²) in [6.07, 6.45) is 2.16. The van der Waals surface area contributed by atoms with Crippen LogP contribution in [0.1, 0.15) is 25.8 Å². The summed E-state index contributed by atoms with van der Waals surface area (Å²) in [6.45, 7) is 7.60. The fourth-order valence-corrected chi connectivity index (χ4v) is 3.55. The zero-order valence-electron chi connectivity index (χ0n) is 15.6. The molecule has 2 atom stereocenters. The van der Waals surface area contributed by atoms with Crippen LogP contribution in [0.2, 0.25) is 0 Å². The van der Waals surface area contributed by atoms with Gasteiger partial charge in [0.2, 0.25) is 0 Å². The third-order valence-electron chi connectivity index (χ3n) is 4.55. The molecule has 1 aliphatic rings. The van der Waals surface area contributed by atoms with Gasteiger partial charge in [-0.15, -0.1) is 0 Å². The molecule has 1 aliphatic heterocycles. The molecular formula is C19H31N3O2. The lowest BCUT2D eigenvalue weighted by Crippen LogP contribution is -2.48. The van der Waals surface area contributed by atoms with E-state index in [1.807, 2.05) is 25.2 Å². The first-order valence-electron chi connectivity index (χ1n) is 8.73. The molecule has 24 heavy (non-hydrogen) atoms. The quantitative estimate of drug-likeness (QED) is 0.665. The molecule has 0 aliphatic carbocycles. The number of aliphatic imine (C=N–C) groups is 1. The number of piperidine rings is 1. The highest BCUT2D eigenvalue weighted by atomic mass is 16.5. The van der Waals surface area contributed by atoms with Crippen molar-refractivity contribution in [3.05, 3.63) is 23.8 Å². The minimum absolute atomic E-state index is 0.714. The van der Waals surface area contributed by atoms with Crippen molar-refractivity contribution in [3.8, 4) is 11.5 Å². The Morgan fingerprint density at radius 3 is 2.50 bits per heavy atom. The average molecular weight is 333 g/mol. The van der Waals surface area contributed by atoms with E-state index in [0.29, 0.717) is 11.8 Å². The summed E-state index contributed by atoms with van der Waals surface area (Å²) < 4.78 is 10.8. The Kier molecular flexibility index (Phi) is 6.76. The van der Waals surface area contributed by atoms with E-state index in [-0.39, 0.29) is 0 Å². The molecule has 1 saturated heterocycles. The standard InChI is InChI=1S/C19H31N3O2/c1-14-10-15(2)13-22(12-14)19(20-3)21-9-8-16-11-17(23-4)6-7-18(16)24-5/h6-7,11,14-15H,8-10,12-13H2,1-5H3,(H,20,21). The molecule has 0 amide bonds. The molecule has 2 rings (SSSR count). The van der Waals surface area contributed by atoms with Gasteiger partial charge in [0.15, 0.2) is 5.96 Å². The molecule has 0 spiro atoms. The van der Waals surface area contributed by atoms with Crippen LogP contribution < -0.4 is 14.8 Å². The van der Waals surface area contributed by atoms with Gasteiger partial charge in [-0.25, -0.2) is 0 Å². The molecule has 1 N–H and O–H groups in total. The number of hydrogen-bond acceptors (Lipinski definition) is 3. The van der Waals surface area contributed by atoms with Crippen molar-refractivity contribution in [1.29, 1.82) is 0 Å². The van der Waals surface area contributed by atoms with Crippen molar-refractivity contribution < 1.29 is 9.47 Å². The molecule has 0 saturated carbocycles. The molecule has 134 valence electrons. The summed E-state index contributed by atoms with van der Waals surface area (Å²) >= 11 is 0. The normalized spacial score (nSPS) is 21.5. The van der Waals surface area contributed by atoms with Crippen LogP contribution >= 0.6 is 0 Å². The second-order valence-corrected chi connectivity index (χ2v) is 6.75. The number of nitrogens with zero attached hydrogens (tertiary/aromatic N) is 2. The van der Waals surface area contributed by atoms with E-state index in [4.69, 9.17) is 9.47 Å². The monoisotopic (exact) mass is 333 g/mol. The smallest absolute Gasteiger partial charge is 0.193 e. The summed E-state index contributed by atoms with van der Waals surface area (Å²) in [7, 11) is 5.25. The highest BCUT2D eigenvalue weighted by Gasteiger charge is 2.23. The SMILES string of the molecule is CN=C(NCCc1cc(OC)ccc1OC)N1CC(C)CC(C)C1. The van der Waals surface area contributed by atoms with Gasteiger partial charge in [0.25, 0.3) is 0 Å². The van der Waals surface area contributed by atoms with Gasteiger partial charge in [-0.3, -0.25) is 4.99 Å². The molecule has 5 heteroatoms. The lowest BCUT2D eigenvalue weighted by Gasteiger charge is -2.37. The lowest BCUT2D eigenvalue weighted by molar-refractivity contribution is 0.208. The van der Waals surface area contributed by atoms with Crippen molar-refractivity contribution in [2.75, 3.05) is 40.9 Å². The van der Waals surface area contributed by atoms with Crippen molar-refractivity contribution in [1.82, 2.24) is 10.2 Å². The van der Waals surface area contributed by atoms with Crippen molar-refractivity contribution in [2.45, 2.75) is 26.7 Å². The number of likely N-dealkylation sites (tertiary alicyclic amines) is 1. The molecule has 5 nitrogen and oxygen atoms in total. The first-order chi connectivity index (χ1) is 11.6. The summed E-state index contributed by atoms with van der Waals surface area (Å²) in [6, 6.07) is 5.91. The van der Waals surface area contributed by atoms with E-state index in [9.17, 15) is 0 Å². The van der Waals surface area contributed by atoms with Crippen molar-refractivity contribution >= 4 is 5.96 Å². The van der Waals surface area contributed by atoms with Crippen molar-refractivity contribution in [3.63, 3.8) is 0 Å². The van der Waals surface area contributed by atoms with Crippen LogP contribution in [0.15, 0.2) is 23.2 Å². The molecule has 2 unspecified atom stereocenters. The fourth-order valence-electron chi connectivity index (χ4n) is 3.55. The van der Waals surface area contributed by atoms with Gasteiger partial charge in [0.1, 0.15) is 11.5 Å². The molecule has 0 radical (unpaired) electrons. The van der Waals surface area contributed by atoms with Crippen LogP contribution in [0.5, 0.6) is 11.5 Å². The van der Waals surface area contributed by atoms with E-state index in [0.717, 1.165) is 49.1 Å². The number of hydrogen-bond donors (Lipinski definition) is 1. The van der Waals surface area contributed by atoms with Crippen LogP contribution in [-0.4, -0.2) is 51.8 Å². The first kappa shape index (κ1) is 18.4. The van der Waals surface area contributed by atoms with Gasteiger partial charge in [0.05, 0.1) is 14.2 Å². The summed E-state index contributed by atoms with van der Waals surface area (Å²) in [5.74, 6) is 4.17. The maximum Gasteiger partial charge on any atom is 0.193 e. The molecular weight excluding hydrogens is 302 g/mol. The minimum Gasteiger partial charge on any atom is -0.497 e. The topological polar surface area (TPSA) is 46.1 Å². The zero-order valence-corrected chi connectivity index (χ0v) is 15.6. The zero-order chi connectivity index (χ0) is 17.5. The van der Waals surface area contributed by atoms with E-state index in [1.165, 1.54) is 6.42 Å². The molecule has 1 fully saturated rings. The molecule has 1 aromatic carbocycles. The Morgan fingerprint density at radius 2 is 1.92 bits per heavy atom. The third-order valence-corrected chi connectivity index (χ3v) is 4.55. The fraction of sp³-hybridized carbons (Fsp3) is 0.632. The maximum atomic E-state index is 5.45. The lowest BCUT2D eigenvalue weighted by atomic mass is 9.92. The van der Waals surface area contributed by atoms with Crippen LogP contribution in [0, 0.1) is 11.8 Å². The highest BCUT2D eigenvalue weighted by Crippen LogP contribution is 2.24. The largest absolute Gasteiger partial charge is 0.497 e. The van der Waals surface area contributed by atoms with Gasteiger partial charge in [-0.05, 0) is 48.4 Å².